The highest BCUT2D eigenvalue weighted by Gasteiger charge is 2.19. The molecule has 0 saturated carbocycles. The molecule has 90 valence electrons. The summed E-state index contributed by atoms with van der Waals surface area (Å²) in [4.78, 5) is 2.22. The van der Waals surface area contributed by atoms with Crippen molar-refractivity contribution in [3.63, 3.8) is 0 Å². The monoisotopic (exact) mass is 250 g/mol. The van der Waals surface area contributed by atoms with Gasteiger partial charge in [-0.1, -0.05) is 11.6 Å². The van der Waals surface area contributed by atoms with Crippen molar-refractivity contribution in [2.24, 2.45) is 0 Å². The van der Waals surface area contributed by atoms with Gasteiger partial charge in [-0.05, 0) is 31.0 Å². The van der Waals surface area contributed by atoms with E-state index in [0.29, 0.717) is 16.6 Å². The van der Waals surface area contributed by atoms with Crippen LogP contribution in [0, 0.1) is 11.3 Å². The van der Waals surface area contributed by atoms with Gasteiger partial charge in [0.05, 0.1) is 10.6 Å². The summed E-state index contributed by atoms with van der Waals surface area (Å²) in [5, 5.41) is 9.35. The smallest absolute Gasteiger partial charge is 0.101 e. The fourth-order valence-corrected chi connectivity index (χ4v) is 2.31. The zero-order valence-corrected chi connectivity index (χ0v) is 10.6. The number of nitrogens with zero attached hydrogens (tertiary/aromatic N) is 2. The number of benzene rings is 1. The van der Waals surface area contributed by atoms with Crippen molar-refractivity contribution in [3.8, 4) is 6.07 Å². The molecule has 0 radical (unpaired) electrons. The van der Waals surface area contributed by atoms with Crippen molar-refractivity contribution in [1.82, 2.24) is 0 Å². The molecule has 4 heteroatoms. The lowest BCUT2D eigenvalue weighted by molar-refractivity contribution is 0.0855. The standard InChI is InChI=1S/C13H15ClN2O/c1-16(11-4-6-17-7-5-11)12-3-2-10(9-15)13(14)8-12/h2-3,8,11H,4-7H2,1H3. The Kier molecular flexibility index (Phi) is 3.88. The SMILES string of the molecule is CN(c1ccc(C#N)c(Cl)c1)C1CCOCC1. The second-order valence-electron chi connectivity index (χ2n) is 4.23. The van der Waals surface area contributed by atoms with Crippen molar-refractivity contribution < 1.29 is 4.74 Å². The number of nitriles is 1. The predicted octanol–water partition coefficient (Wildman–Crippen LogP) is 2.83. The molecule has 0 amide bonds. The molecule has 0 N–H and O–H groups in total. The van der Waals surface area contributed by atoms with Crippen LogP contribution in [0.5, 0.6) is 0 Å². The maximum absolute atomic E-state index is 8.83. The largest absolute Gasteiger partial charge is 0.381 e. The maximum atomic E-state index is 8.83. The fraction of sp³-hybridized carbons (Fsp3) is 0.462. The van der Waals surface area contributed by atoms with Crippen LogP contribution in [0.3, 0.4) is 0 Å². The predicted molar refractivity (Wildman–Crippen MR) is 68.4 cm³/mol. The minimum atomic E-state index is 0.493. The Hall–Kier alpha value is -1.24. The number of anilines is 1. The van der Waals surface area contributed by atoms with Gasteiger partial charge in [0.2, 0.25) is 0 Å². The Morgan fingerprint density at radius 3 is 2.71 bits per heavy atom. The van der Waals surface area contributed by atoms with E-state index in [1.807, 2.05) is 12.1 Å². The molecule has 1 aliphatic heterocycles. The van der Waals surface area contributed by atoms with Crippen molar-refractivity contribution in [3.05, 3.63) is 28.8 Å². The molecule has 1 aliphatic rings. The van der Waals surface area contributed by atoms with Gasteiger partial charge in [0.15, 0.2) is 0 Å². The Morgan fingerprint density at radius 2 is 2.12 bits per heavy atom. The topological polar surface area (TPSA) is 36.3 Å². The molecule has 0 spiro atoms. The molecule has 1 aromatic rings. The zero-order chi connectivity index (χ0) is 12.3. The van der Waals surface area contributed by atoms with Crippen LogP contribution in [0.25, 0.3) is 0 Å². The van der Waals surface area contributed by atoms with E-state index in [-0.39, 0.29) is 0 Å². The van der Waals surface area contributed by atoms with Crippen LogP contribution in [0.4, 0.5) is 5.69 Å². The molecular formula is C13H15ClN2O. The number of ether oxygens (including phenoxy) is 1. The molecule has 1 fully saturated rings. The lowest BCUT2D eigenvalue weighted by Gasteiger charge is -2.33. The Labute approximate surface area is 107 Å². The molecule has 0 aliphatic carbocycles. The number of rotatable bonds is 2. The highest BCUT2D eigenvalue weighted by atomic mass is 35.5. The van der Waals surface area contributed by atoms with Gasteiger partial charge < -0.3 is 9.64 Å². The molecule has 0 atom stereocenters. The average Bonchev–Trinajstić information content (AvgIpc) is 2.39. The Morgan fingerprint density at radius 1 is 1.41 bits per heavy atom. The summed E-state index contributed by atoms with van der Waals surface area (Å²) >= 11 is 6.04. The highest BCUT2D eigenvalue weighted by molar-refractivity contribution is 6.32. The van der Waals surface area contributed by atoms with Gasteiger partial charge >= 0.3 is 0 Å². The lowest BCUT2D eigenvalue weighted by atomic mass is 10.1. The molecule has 0 bridgehead atoms. The van der Waals surface area contributed by atoms with Crippen molar-refractivity contribution >= 4 is 17.3 Å². The fourth-order valence-electron chi connectivity index (χ4n) is 2.10. The lowest BCUT2D eigenvalue weighted by Crippen LogP contribution is -2.36. The van der Waals surface area contributed by atoms with Gasteiger partial charge in [-0.3, -0.25) is 0 Å². The van der Waals surface area contributed by atoms with Gasteiger partial charge in [-0.25, -0.2) is 0 Å². The Balaban J connectivity index is 2.16. The van der Waals surface area contributed by atoms with Crippen LogP contribution < -0.4 is 4.90 Å². The van der Waals surface area contributed by atoms with Gasteiger partial charge in [0, 0.05) is 32.0 Å². The van der Waals surface area contributed by atoms with Crippen molar-refractivity contribution in [1.29, 1.82) is 5.26 Å². The number of halogens is 1. The molecule has 17 heavy (non-hydrogen) atoms. The molecule has 1 heterocycles. The summed E-state index contributed by atoms with van der Waals surface area (Å²) in [6.07, 6.45) is 2.07. The summed E-state index contributed by atoms with van der Waals surface area (Å²) in [7, 11) is 2.06. The Bertz CT molecular complexity index is 436. The average molecular weight is 251 g/mol. The van der Waals surface area contributed by atoms with Gasteiger partial charge in [-0.2, -0.15) is 5.26 Å². The molecule has 3 nitrogen and oxygen atoms in total. The van der Waals surface area contributed by atoms with Crippen molar-refractivity contribution in [2.75, 3.05) is 25.2 Å². The first-order chi connectivity index (χ1) is 8.22. The maximum Gasteiger partial charge on any atom is 0.101 e. The highest BCUT2D eigenvalue weighted by Crippen LogP contribution is 2.26. The minimum Gasteiger partial charge on any atom is -0.381 e. The van der Waals surface area contributed by atoms with E-state index < -0.39 is 0 Å². The second-order valence-corrected chi connectivity index (χ2v) is 4.64. The molecule has 0 aromatic heterocycles. The molecule has 0 unspecified atom stereocenters. The third-order valence-corrected chi connectivity index (χ3v) is 3.53. The van der Waals surface area contributed by atoms with Crippen LogP contribution in [0.2, 0.25) is 5.02 Å². The van der Waals surface area contributed by atoms with Crippen LogP contribution in [0.15, 0.2) is 18.2 Å². The summed E-state index contributed by atoms with van der Waals surface area (Å²) in [5.74, 6) is 0. The van der Waals surface area contributed by atoms with E-state index in [1.54, 1.807) is 6.07 Å². The van der Waals surface area contributed by atoms with Gasteiger partial charge in [0.1, 0.15) is 6.07 Å². The van der Waals surface area contributed by atoms with E-state index in [1.165, 1.54) is 0 Å². The zero-order valence-electron chi connectivity index (χ0n) is 9.82. The van der Waals surface area contributed by atoms with Gasteiger partial charge in [0.25, 0.3) is 0 Å². The van der Waals surface area contributed by atoms with Crippen LogP contribution in [-0.2, 0) is 4.74 Å². The van der Waals surface area contributed by atoms with Crippen LogP contribution in [-0.4, -0.2) is 26.3 Å². The number of hydrogen-bond donors (Lipinski definition) is 0. The first-order valence-electron chi connectivity index (χ1n) is 5.72. The first-order valence-corrected chi connectivity index (χ1v) is 6.10. The molecule has 1 aromatic carbocycles. The summed E-state index contributed by atoms with van der Waals surface area (Å²) in [6.45, 7) is 1.64. The molecule has 1 saturated heterocycles. The summed E-state index contributed by atoms with van der Waals surface area (Å²) in [6, 6.07) is 8.14. The second kappa shape index (κ2) is 5.39. The quantitative estimate of drug-likeness (QED) is 0.810. The van der Waals surface area contributed by atoms with Crippen LogP contribution in [0.1, 0.15) is 18.4 Å². The van der Waals surface area contributed by atoms with Crippen LogP contribution >= 0.6 is 11.6 Å². The normalized spacial score (nSPS) is 16.5. The van der Waals surface area contributed by atoms with E-state index >= 15 is 0 Å². The third-order valence-electron chi connectivity index (χ3n) is 3.22. The minimum absolute atomic E-state index is 0.493. The summed E-state index contributed by atoms with van der Waals surface area (Å²) < 4.78 is 5.35. The van der Waals surface area contributed by atoms with E-state index in [4.69, 9.17) is 21.6 Å². The van der Waals surface area contributed by atoms with E-state index in [0.717, 1.165) is 31.7 Å². The number of hydrogen-bond acceptors (Lipinski definition) is 3. The van der Waals surface area contributed by atoms with Crippen molar-refractivity contribution in [2.45, 2.75) is 18.9 Å². The van der Waals surface area contributed by atoms with E-state index in [9.17, 15) is 0 Å². The third kappa shape index (κ3) is 2.71. The molecule has 2 rings (SSSR count). The van der Waals surface area contributed by atoms with E-state index in [2.05, 4.69) is 18.0 Å². The summed E-state index contributed by atoms with van der Waals surface area (Å²) in [5.41, 5.74) is 1.58. The first kappa shape index (κ1) is 12.2. The van der Waals surface area contributed by atoms with Gasteiger partial charge in [-0.15, -0.1) is 0 Å². The molecular weight excluding hydrogens is 236 g/mol.